The predicted octanol–water partition coefficient (Wildman–Crippen LogP) is 4.14. The summed E-state index contributed by atoms with van der Waals surface area (Å²) in [6.07, 6.45) is 3.82. The van der Waals surface area contributed by atoms with Gasteiger partial charge in [0.2, 0.25) is 10.0 Å². The number of anilines is 2. The molecule has 0 aliphatic carbocycles. The fourth-order valence-corrected chi connectivity index (χ4v) is 7.61. The van der Waals surface area contributed by atoms with E-state index >= 15 is 0 Å². The number of nitro groups is 1. The van der Waals surface area contributed by atoms with Crippen LogP contribution in [-0.4, -0.2) is 74.6 Å². The first-order valence-corrected chi connectivity index (χ1v) is 15.5. The molecule has 3 aromatic rings. The minimum absolute atomic E-state index is 0.0670. The van der Waals surface area contributed by atoms with Crippen molar-refractivity contribution in [1.82, 2.24) is 8.87 Å². The van der Waals surface area contributed by atoms with Gasteiger partial charge in [-0.25, -0.2) is 8.42 Å². The van der Waals surface area contributed by atoms with Crippen LogP contribution >= 0.6 is 0 Å². The molecule has 3 aliphatic rings. The van der Waals surface area contributed by atoms with Gasteiger partial charge < -0.3 is 19.1 Å². The molecule has 42 heavy (non-hydrogen) atoms. The lowest BCUT2D eigenvalue weighted by Gasteiger charge is -2.26. The molecule has 0 unspecified atom stereocenters. The third-order valence-electron chi connectivity index (χ3n) is 8.39. The van der Waals surface area contributed by atoms with Gasteiger partial charge in [-0.3, -0.25) is 14.9 Å². The first-order chi connectivity index (χ1) is 20.1. The van der Waals surface area contributed by atoms with Gasteiger partial charge >= 0.3 is 0 Å². The van der Waals surface area contributed by atoms with Gasteiger partial charge in [0, 0.05) is 61.8 Å². The van der Waals surface area contributed by atoms with Crippen molar-refractivity contribution in [1.29, 1.82) is 0 Å². The first-order valence-electron chi connectivity index (χ1n) is 14.0. The summed E-state index contributed by atoms with van der Waals surface area (Å²) < 4.78 is 35.4. The number of nitrogens with zero attached hydrogens (tertiary/aromatic N) is 5. The van der Waals surface area contributed by atoms with Crippen LogP contribution in [0.4, 0.5) is 17.1 Å². The predicted molar refractivity (Wildman–Crippen MR) is 161 cm³/mol. The lowest BCUT2D eigenvalue weighted by Crippen LogP contribution is -2.40. The van der Waals surface area contributed by atoms with Crippen LogP contribution in [0.5, 0.6) is 0 Å². The lowest BCUT2D eigenvalue weighted by atomic mass is 10.0. The standard InChI is InChI=1S/C30H33N5O6S/c1-20-16-22(21(2)34(20)23-6-8-28(29(18-23)35(37)38)32-10-4-5-11-32)17-26-25-19-24(7-9-27(25)31(3)30(26)36)42(39,40)33-12-14-41-15-13-33/h6-9,16-19H,4-5,10-15H2,1-3H3/b26-17-. The summed E-state index contributed by atoms with van der Waals surface area (Å²) in [7, 11) is -2.08. The number of hydrogen-bond acceptors (Lipinski definition) is 7. The number of carbonyl (C=O) groups excluding carboxylic acids is 1. The van der Waals surface area contributed by atoms with Crippen molar-refractivity contribution >= 4 is 44.6 Å². The minimum Gasteiger partial charge on any atom is -0.379 e. The molecule has 0 bridgehead atoms. The van der Waals surface area contributed by atoms with Gasteiger partial charge in [-0.1, -0.05) is 0 Å². The van der Waals surface area contributed by atoms with E-state index in [4.69, 9.17) is 4.74 Å². The van der Waals surface area contributed by atoms with Gasteiger partial charge in [0.15, 0.2) is 0 Å². The molecule has 220 valence electrons. The molecule has 3 aliphatic heterocycles. The number of amides is 1. The Balaban J connectivity index is 1.40. The smallest absolute Gasteiger partial charge is 0.294 e. The summed E-state index contributed by atoms with van der Waals surface area (Å²) in [6.45, 7) is 6.68. The summed E-state index contributed by atoms with van der Waals surface area (Å²) in [6, 6.07) is 12.0. The molecule has 4 heterocycles. The molecule has 0 saturated carbocycles. The number of aryl methyl sites for hydroxylation is 1. The number of fused-ring (bicyclic) bond motifs is 1. The van der Waals surface area contributed by atoms with Crippen LogP contribution in [0, 0.1) is 24.0 Å². The Hall–Kier alpha value is -4.00. The maximum atomic E-state index is 13.4. The highest BCUT2D eigenvalue weighted by molar-refractivity contribution is 7.89. The number of benzene rings is 2. The van der Waals surface area contributed by atoms with E-state index in [0.717, 1.165) is 42.9 Å². The second-order valence-corrected chi connectivity index (χ2v) is 12.8. The highest BCUT2D eigenvalue weighted by Crippen LogP contribution is 2.40. The average Bonchev–Trinajstić information content (AvgIpc) is 3.68. The van der Waals surface area contributed by atoms with Crippen LogP contribution in [0.25, 0.3) is 17.3 Å². The summed E-state index contributed by atoms with van der Waals surface area (Å²) >= 11 is 0. The van der Waals surface area contributed by atoms with Crippen molar-refractivity contribution in [3.8, 4) is 5.69 Å². The molecular formula is C30H33N5O6S. The van der Waals surface area contributed by atoms with Crippen molar-refractivity contribution in [2.75, 3.05) is 56.2 Å². The van der Waals surface area contributed by atoms with Crippen LogP contribution in [0.2, 0.25) is 0 Å². The van der Waals surface area contributed by atoms with Gasteiger partial charge in [-0.2, -0.15) is 4.31 Å². The van der Waals surface area contributed by atoms with Gasteiger partial charge in [0.05, 0.1) is 34.4 Å². The molecule has 12 heteroatoms. The van der Waals surface area contributed by atoms with Gasteiger partial charge in [-0.05, 0) is 74.7 Å². The molecule has 0 radical (unpaired) electrons. The third-order valence-corrected chi connectivity index (χ3v) is 10.3. The van der Waals surface area contributed by atoms with Crippen LogP contribution < -0.4 is 9.80 Å². The zero-order valence-corrected chi connectivity index (χ0v) is 24.7. The quantitative estimate of drug-likeness (QED) is 0.240. The van der Waals surface area contributed by atoms with Crippen molar-refractivity contribution < 1.29 is 22.9 Å². The molecule has 2 fully saturated rings. The molecule has 0 spiro atoms. The Kier molecular flexibility index (Phi) is 7.16. The second kappa shape index (κ2) is 10.7. The monoisotopic (exact) mass is 591 g/mol. The third kappa shape index (κ3) is 4.69. The van der Waals surface area contributed by atoms with Crippen LogP contribution in [0.15, 0.2) is 47.4 Å². The number of ether oxygens (including phenoxy) is 1. The van der Waals surface area contributed by atoms with Crippen LogP contribution in [0.3, 0.4) is 0 Å². The molecule has 0 atom stereocenters. The number of morpholine rings is 1. The van der Waals surface area contributed by atoms with Crippen molar-refractivity contribution in [2.45, 2.75) is 31.6 Å². The lowest BCUT2D eigenvalue weighted by molar-refractivity contribution is -0.384. The number of carbonyl (C=O) groups is 1. The molecule has 2 saturated heterocycles. The van der Waals surface area contributed by atoms with Crippen molar-refractivity contribution in [3.63, 3.8) is 0 Å². The number of likely N-dealkylation sites (N-methyl/N-ethyl adjacent to an activating group) is 1. The van der Waals surface area contributed by atoms with E-state index in [1.54, 1.807) is 37.4 Å². The van der Waals surface area contributed by atoms with E-state index in [1.165, 1.54) is 9.21 Å². The Morgan fingerprint density at radius 3 is 2.33 bits per heavy atom. The Morgan fingerprint density at radius 2 is 1.64 bits per heavy atom. The zero-order valence-electron chi connectivity index (χ0n) is 23.9. The number of rotatable bonds is 6. The van der Waals surface area contributed by atoms with Gasteiger partial charge in [0.25, 0.3) is 11.6 Å². The normalized spacial score (nSPS) is 18.7. The fourth-order valence-electron chi connectivity index (χ4n) is 6.17. The Morgan fingerprint density at radius 1 is 0.952 bits per heavy atom. The highest BCUT2D eigenvalue weighted by atomic mass is 32.2. The number of hydrogen-bond donors (Lipinski definition) is 0. The topological polar surface area (TPSA) is 118 Å². The molecule has 11 nitrogen and oxygen atoms in total. The Labute approximate surface area is 244 Å². The summed E-state index contributed by atoms with van der Waals surface area (Å²) in [5.41, 5.74) is 5.36. The van der Waals surface area contributed by atoms with Crippen molar-refractivity contribution in [3.05, 3.63) is 75.1 Å². The SMILES string of the molecule is Cc1cc(/C=C2\C(=O)N(C)c3ccc(S(=O)(=O)N4CCOCC4)cc32)c(C)n1-c1ccc(N2CCCC2)c([N+](=O)[O-])c1. The van der Waals surface area contributed by atoms with Gasteiger partial charge in [0.1, 0.15) is 5.69 Å². The maximum absolute atomic E-state index is 13.4. The highest BCUT2D eigenvalue weighted by Gasteiger charge is 2.34. The number of nitro benzene ring substituents is 1. The van der Waals surface area contributed by atoms with Crippen LogP contribution in [-0.2, 0) is 19.6 Å². The maximum Gasteiger partial charge on any atom is 0.294 e. The minimum atomic E-state index is -3.75. The molecule has 1 amide bonds. The first kappa shape index (κ1) is 28.1. The van der Waals surface area contributed by atoms with Gasteiger partial charge in [-0.15, -0.1) is 0 Å². The molecule has 1 aromatic heterocycles. The van der Waals surface area contributed by atoms with E-state index in [-0.39, 0.29) is 34.5 Å². The van der Waals surface area contributed by atoms with E-state index in [1.807, 2.05) is 36.6 Å². The Bertz CT molecular complexity index is 1730. The molecule has 6 rings (SSSR count). The largest absolute Gasteiger partial charge is 0.379 e. The number of sulfonamides is 1. The average molecular weight is 592 g/mol. The van der Waals surface area contributed by atoms with Crippen molar-refractivity contribution in [2.24, 2.45) is 0 Å². The number of aromatic nitrogens is 1. The summed E-state index contributed by atoms with van der Waals surface area (Å²) in [5, 5.41) is 12.0. The van der Waals surface area contributed by atoms with Crippen LogP contribution in [0.1, 0.15) is 35.4 Å². The summed E-state index contributed by atoms with van der Waals surface area (Å²) in [4.78, 5) is 28.8. The zero-order chi connectivity index (χ0) is 29.8. The summed E-state index contributed by atoms with van der Waals surface area (Å²) in [5.74, 6) is -0.235. The van der Waals surface area contributed by atoms with E-state index in [0.29, 0.717) is 41.4 Å². The molecule has 0 N–H and O–H groups in total. The second-order valence-electron chi connectivity index (χ2n) is 10.9. The van der Waals surface area contributed by atoms with E-state index in [2.05, 4.69) is 4.90 Å². The fraction of sp³-hybridized carbons (Fsp3) is 0.367. The molecular weight excluding hydrogens is 558 g/mol. The molecule has 2 aromatic carbocycles. The van der Waals surface area contributed by atoms with E-state index < -0.39 is 10.0 Å². The van der Waals surface area contributed by atoms with E-state index in [9.17, 15) is 23.3 Å².